The number of carbonyl (C=O) groups is 2. The Morgan fingerprint density at radius 3 is 2.19 bits per heavy atom. The predicted octanol–water partition coefficient (Wildman–Crippen LogP) is 8.78. The van der Waals surface area contributed by atoms with Crippen LogP contribution in [-0.2, 0) is 20.9 Å². The van der Waals surface area contributed by atoms with Crippen molar-refractivity contribution >= 4 is 29.5 Å². The van der Waals surface area contributed by atoms with Crippen LogP contribution >= 0.6 is 0 Å². The molecule has 0 saturated heterocycles. The Balaban J connectivity index is 0.000000533. The summed E-state index contributed by atoms with van der Waals surface area (Å²) in [6, 6.07) is 20.6. The molecule has 0 bridgehead atoms. The lowest BCUT2D eigenvalue weighted by atomic mass is 9.92. The van der Waals surface area contributed by atoms with Crippen LogP contribution in [0.3, 0.4) is 0 Å². The summed E-state index contributed by atoms with van der Waals surface area (Å²) in [6.07, 6.45) is 6.14. The number of hydrogen-bond acceptors (Lipinski definition) is 6. The first-order valence-corrected chi connectivity index (χ1v) is 16.7. The molecule has 4 rings (SSSR count). The van der Waals surface area contributed by atoms with Gasteiger partial charge in [-0.3, -0.25) is 0 Å². The number of carbonyl (C=O) groups excluding carboxylic acids is 2. The summed E-state index contributed by atoms with van der Waals surface area (Å²) in [6.45, 7) is 14.1. The summed E-state index contributed by atoms with van der Waals surface area (Å²) >= 11 is 0. The van der Waals surface area contributed by atoms with E-state index in [-0.39, 0.29) is 30.3 Å². The van der Waals surface area contributed by atoms with Crippen molar-refractivity contribution in [3.8, 4) is 0 Å². The number of nitrogens with one attached hydrogen (secondary N) is 1. The van der Waals surface area contributed by atoms with Crippen LogP contribution in [0.2, 0.25) is 0 Å². The van der Waals surface area contributed by atoms with Crippen LogP contribution in [-0.4, -0.2) is 60.0 Å². The first kappa shape index (κ1) is 38.2. The molecule has 9 heteroatoms. The molecule has 258 valence electrons. The molecule has 1 aliphatic rings. The molecule has 0 radical (unpaired) electrons. The highest BCUT2D eigenvalue weighted by molar-refractivity contribution is 5.91. The summed E-state index contributed by atoms with van der Waals surface area (Å²) in [7, 11) is 0. The van der Waals surface area contributed by atoms with E-state index in [1.54, 1.807) is 6.07 Å². The Labute approximate surface area is 285 Å². The van der Waals surface area contributed by atoms with Crippen LogP contribution in [0.4, 0.5) is 16.2 Å². The minimum absolute atomic E-state index is 0.0252. The highest BCUT2D eigenvalue weighted by Crippen LogP contribution is 2.26. The highest BCUT2D eigenvalue weighted by Gasteiger charge is 2.25. The Bertz CT molecular complexity index is 1540. The second-order valence-corrected chi connectivity index (χ2v) is 13.5. The number of benzene rings is 3. The van der Waals surface area contributed by atoms with Gasteiger partial charge in [-0.25, -0.2) is 14.4 Å². The van der Waals surface area contributed by atoms with Crippen molar-refractivity contribution in [2.45, 2.75) is 92.5 Å². The van der Waals surface area contributed by atoms with Crippen LogP contribution in [0.1, 0.15) is 85.5 Å². The molecule has 2 unspecified atom stereocenters. The maximum Gasteiger partial charge on any atom is 0.336 e. The molecular weight excluding hydrogens is 606 g/mol. The van der Waals surface area contributed by atoms with E-state index in [2.05, 4.69) is 31.1 Å². The Morgan fingerprint density at radius 1 is 0.896 bits per heavy atom. The molecule has 1 aliphatic carbocycles. The van der Waals surface area contributed by atoms with Gasteiger partial charge in [-0.1, -0.05) is 75.4 Å². The number of rotatable bonds is 12. The zero-order chi connectivity index (χ0) is 35.1. The largest absolute Gasteiger partial charge is 0.478 e. The van der Waals surface area contributed by atoms with Gasteiger partial charge in [0.15, 0.2) is 0 Å². The number of aryl methyl sites for hydroxylation is 3. The maximum atomic E-state index is 13.1. The number of nitrogens with zero attached hydrogens (tertiary/aromatic N) is 2. The molecule has 2 atom stereocenters. The summed E-state index contributed by atoms with van der Waals surface area (Å²) in [5.41, 5.74) is 5.43. The van der Waals surface area contributed by atoms with Gasteiger partial charge >= 0.3 is 12.0 Å². The molecule has 1 saturated carbocycles. The van der Waals surface area contributed by atoms with Gasteiger partial charge in [0.1, 0.15) is 0 Å². The lowest BCUT2D eigenvalue weighted by Crippen LogP contribution is -2.40. The molecule has 3 aromatic carbocycles. The number of carboxylic acid groups (broad SMARTS) is 1. The molecule has 0 heterocycles. The average molecular weight is 658 g/mol. The Hall–Kier alpha value is -4.30. The van der Waals surface area contributed by atoms with Crippen molar-refractivity contribution in [2.24, 2.45) is 10.4 Å². The minimum Gasteiger partial charge on any atom is -0.478 e. The van der Waals surface area contributed by atoms with E-state index in [4.69, 9.17) is 9.47 Å². The van der Waals surface area contributed by atoms with Crippen LogP contribution in [0.5, 0.6) is 0 Å². The van der Waals surface area contributed by atoms with E-state index < -0.39 is 5.97 Å². The predicted molar refractivity (Wildman–Crippen MR) is 190 cm³/mol. The smallest absolute Gasteiger partial charge is 0.336 e. The summed E-state index contributed by atoms with van der Waals surface area (Å²) in [4.78, 5) is 40.0. The topological polar surface area (TPSA) is 118 Å². The van der Waals surface area contributed by atoms with Crippen LogP contribution in [0.25, 0.3) is 0 Å². The molecular formula is C39H51N3O6. The number of urea groups is 1. The van der Waals surface area contributed by atoms with Crippen molar-refractivity contribution in [3.63, 3.8) is 0 Å². The van der Waals surface area contributed by atoms with E-state index in [0.29, 0.717) is 36.5 Å². The minimum atomic E-state index is -0.922. The van der Waals surface area contributed by atoms with Gasteiger partial charge < -0.3 is 24.8 Å². The summed E-state index contributed by atoms with van der Waals surface area (Å²) in [5, 5.41) is 12.6. The third kappa shape index (κ3) is 12.7. The normalized spacial score (nSPS) is 15.8. The van der Waals surface area contributed by atoms with Gasteiger partial charge in [-0.15, -0.1) is 0 Å². The first-order valence-electron chi connectivity index (χ1n) is 16.7. The average Bonchev–Trinajstić information content (AvgIpc) is 3.04. The van der Waals surface area contributed by atoms with Gasteiger partial charge in [-0.05, 0) is 92.7 Å². The Morgan fingerprint density at radius 2 is 1.54 bits per heavy atom. The standard InChI is InChI=1S/C31H44N2O5.C8H7NO/c1-22-10-6-7-15-27(22)32-30(36)33(17-16-31(3,4)5)18-19-37-25-13-9-14-26(20-25)38-21-24-12-8-11-23(2)28(24)29(34)35;1-7-4-2-3-5-8(7)9-6-10/h6-8,10-12,15,25-26H,9,13-14,16-21H2,1-5H3,(H,32,36)(H,34,35);2-5H,1H3. The van der Waals surface area contributed by atoms with Crippen molar-refractivity contribution in [1.29, 1.82) is 0 Å². The molecule has 0 aromatic heterocycles. The van der Waals surface area contributed by atoms with Gasteiger partial charge in [0.05, 0.1) is 36.7 Å². The maximum absolute atomic E-state index is 13.1. The number of hydrogen-bond donors (Lipinski definition) is 2. The number of carboxylic acids is 1. The summed E-state index contributed by atoms with van der Waals surface area (Å²) < 4.78 is 12.4. The third-order valence-corrected chi connectivity index (χ3v) is 8.43. The number of para-hydroxylation sites is 2. The van der Waals surface area contributed by atoms with Gasteiger partial charge in [-0.2, -0.15) is 4.99 Å². The molecule has 0 aliphatic heterocycles. The monoisotopic (exact) mass is 657 g/mol. The van der Waals surface area contributed by atoms with Crippen molar-refractivity contribution in [1.82, 2.24) is 4.90 Å². The van der Waals surface area contributed by atoms with Crippen molar-refractivity contribution < 1.29 is 29.0 Å². The molecule has 0 spiro atoms. The lowest BCUT2D eigenvalue weighted by Gasteiger charge is -2.31. The van der Waals surface area contributed by atoms with Crippen molar-refractivity contribution in [3.05, 3.63) is 94.5 Å². The van der Waals surface area contributed by atoms with E-state index in [0.717, 1.165) is 54.5 Å². The van der Waals surface area contributed by atoms with Gasteiger partial charge in [0, 0.05) is 18.8 Å². The van der Waals surface area contributed by atoms with Gasteiger partial charge in [0.2, 0.25) is 6.08 Å². The van der Waals surface area contributed by atoms with E-state index in [9.17, 15) is 19.5 Å². The van der Waals surface area contributed by atoms with E-state index in [1.807, 2.05) is 86.3 Å². The van der Waals surface area contributed by atoms with Crippen LogP contribution in [0, 0.1) is 26.2 Å². The van der Waals surface area contributed by atoms with Crippen molar-refractivity contribution in [2.75, 3.05) is 25.0 Å². The molecule has 9 nitrogen and oxygen atoms in total. The SMILES string of the molecule is Cc1ccccc1N=C=O.Cc1ccccc1NC(=O)N(CCOC1CCCC(OCc2cccc(C)c2C(=O)O)C1)CCC(C)(C)C. The fraction of sp³-hybridized carbons (Fsp3) is 0.462. The quantitative estimate of drug-likeness (QED) is 0.149. The molecule has 3 aromatic rings. The summed E-state index contributed by atoms with van der Waals surface area (Å²) in [5.74, 6) is -0.922. The fourth-order valence-electron chi connectivity index (χ4n) is 5.53. The molecule has 48 heavy (non-hydrogen) atoms. The molecule has 1 fully saturated rings. The number of aromatic carboxylic acids is 1. The fourth-order valence-corrected chi connectivity index (χ4v) is 5.53. The molecule has 2 N–H and O–H groups in total. The lowest BCUT2D eigenvalue weighted by molar-refractivity contribution is -0.0524. The second kappa shape index (κ2) is 18.9. The number of ether oxygens (including phenoxy) is 2. The van der Waals surface area contributed by atoms with E-state index >= 15 is 0 Å². The van der Waals surface area contributed by atoms with Gasteiger partial charge in [0.25, 0.3) is 0 Å². The second-order valence-electron chi connectivity index (χ2n) is 13.5. The zero-order valence-electron chi connectivity index (χ0n) is 29.3. The van der Waals surface area contributed by atoms with E-state index in [1.165, 1.54) is 6.08 Å². The third-order valence-electron chi connectivity index (χ3n) is 8.43. The number of anilines is 1. The number of amides is 2. The van der Waals surface area contributed by atoms with Crippen LogP contribution in [0.15, 0.2) is 71.7 Å². The molecule has 2 amide bonds. The number of isocyanates is 1. The highest BCUT2D eigenvalue weighted by atomic mass is 16.5. The Kier molecular flexibility index (Phi) is 15.0. The zero-order valence-corrected chi connectivity index (χ0v) is 29.3. The first-order chi connectivity index (χ1) is 22.9. The van der Waals surface area contributed by atoms with Crippen LogP contribution < -0.4 is 5.32 Å². The number of aliphatic imine (C=N–C) groups is 1.